The summed E-state index contributed by atoms with van der Waals surface area (Å²) in [6, 6.07) is 8.06. The van der Waals surface area contributed by atoms with Crippen LogP contribution in [-0.2, 0) is 16.1 Å². The second-order valence-corrected chi connectivity index (χ2v) is 4.77. The Kier molecular flexibility index (Phi) is 4.76. The summed E-state index contributed by atoms with van der Waals surface area (Å²) in [6.45, 7) is 5.88. The number of hydrogen-bond donors (Lipinski definition) is 2. The van der Waals surface area contributed by atoms with Gasteiger partial charge in [-0.15, -0.1) is 0 Å². The zero-order valence-corrected chi connectivity index (χ0v) is 11.3. The number of anilines is 1. The van der Waals surface area contributed by atoms with Crippen LogP contribution in [0.3, 0.4) is 0 Å². The molecule has 0 saturated carbocycles. The van der Waals surface area contributed by atoms with Crippen molar-refractivity contribution in [2.24, 2.45) is 5.73 Å². The highest BCUT2D eigenvalue weighted by atomic mass is 16.5. The van der Waals surface area contributed by atoms with Crippen LogP contribution in [0.2, 0.25) is 0 Å². The number of primary amides is 1. The van der Waals surface area contributed by atoms with Gasteiger partial charge in [-0.2, -0.15) is 0 Å². The van der Waals surface area contributed by atoms with Crippen molar-refractivity contribution in [2.75, 3.05) is 31.2 Å². The van der Waals surface area contributed by atoms with E-state index in [0.717, 1.165) is 31.9 Å². The van der Waals surface area contributed by atoms with Crippen LogP contribution in [-0.4, -0.2) is 38.3 Å². The number of hydrogen-bond acceptors (Lipinski definition) is 4. The maximum Gasteiger partial charge on any atom is 0.234 e. The van der Waals surface area contributed by atoms with Crippen molar-refractivity contribution >= 4 is 11.6 Å². The number of rotatable bonds is 5. The number of morpholine rings is 1. The van der Waals surface area contributed by atoms with Crippen molar-refractivity contribution in [2.45, 2.75) is 19.5 Å². The summed E-state index contributed by atoms with van der Waals surface area (Å²) in [6.07, 6.45) is 0. The molecule has 2 rings (SSSR count). The first-order valence-electron chi connectivity index (χ1n) is 6.61. The zero-order valence-electron chi connectivity index (χ0n) is 11.3. The number of nitrogens with zero attached hydrogens (tertiary/aromatic N) is 1. The Labute approximate surface area is 113 Å². The van der Waals surface area contributed by atoms with E-state index >= 15 is 0 Å². The molecule has 104 valence electrons. The second-order valence-electron chi connectivity index (χ2n) is 4.77. The van der Waals surface area contributed by atoms with Gasteiger partial charge >= 0.3 is 0 Å². The molecule has 0 aromatic heterocycles. The highest BCUT2D eigenvalue weighted by molar-refractivity contribution is 5.79. The van der Waals surface area contributed by atoms with Crippen LogP contribution in [0, 0.1) is 0 Å². The number of carbonyl (C=O) groups excluding carboxylic acids is 1. The van der Waals surface area contributed by atoms with E-state index in [1.54, 1.807) is 6.92 Å². The lowest BCUT2D eigenvalue weighted by Gasteiger charge is -2.29. The predicted molar refractivity (Wildman–Crippen MR) is 75.0 cm³/mol. The van der Waals surface area contributed by atoms with E-state index in [-0.39, 0.29) is 11.9 Å². The summed E-state index contributed by atoms with van der Waals surface area (Å²) in [4.78, 5) is 13.2. The Morgan fingerprint density at radius 2 is 2.00 bits per heavy atom. The van der Waals surface area contributed by atoms with Crippen LogP contribution in [0.1, 0.15) is 12.5 Å². The highest BCUT2D eigenvalue weighted by Gasteiger charge is 2.11. The summed E-state index contributed by atoms with van der Waals surface area (Å²) in [5, 5.41) is 3.09. The number of carbonyl (C=O) groups is 1. The summed E-state index contributed by atoms with van der Waals surface area (Å²) < 4.78 is 5.34. The molecule has 1 atom stereocenters. The van der Waals surface area contributed by atoms with Crippen LogP contribution in [0.25, 0.3) is 0 Å². The molecule has 1 aliphatic heterocycles. The number of ether oxygens (including phenoxy) is 1. The largest absolute Gasteiger partial charge is 0.378 e. The summed E-state index contributed by atoms with van der Waals surface area (Å²) in [5.41, 5.74) is 7.56. The fourth-order valence-corrected chi connectivity index (χ4v) is 2.02. The zero-order chi connectivity index (χ0) is 13.7. The topological polar surface area (TPSA) is 67.6 Å². The van der Waals surface area contributed by atoms with Gasteiger partial charge in [0.25, 0.3) is 0 Å². The normalized spacial score (nSPS) is 17.2. The van der Waals surface area contributed by atoms with E-state index < -0.39 is 0 Å². The molecule has 0 spiro atoms. The fourth-order valence-electron chi connectivity index (χ4n) is 2.02. The Morgan fingerprint density at radius 3 is 2.58 bits per heavy atom. The molecule has 1 amide bonds. The lowest BCUT2D eigenvalue weighted by Crippen LogP contribution is -2.38. The third-order valence-corrected chi connectivity index (χ3v) is 3.35. The van der Waals surface area contributed by atoms with Gasteiger partial charge in [0.1, 0.15) is 0 Å². The first kappa shape index (κ1) is 13.8. The molecule has 19 heavy (non-hydrogen) atoms. The van der Waals surface area contributed by atoms with Crippen molar-refractivity contribution in [1.82, 2.24) is 5.32 Å². The molecule has 0 unspecified atom stereocenters. The van der Waals surface area contributed by atoms with Gasteiger partial charge < -0.3 is 20.7 Å². The van der Waals surface area contributed by atoms with Gasteiger partial charge in [0.2, 0.25) is 5.91 Å². The van der Waals surface area contributed by atoms with Gasteiger partial charge in [0.05, 0.1) is 19.3 Å². The molecule has 5 heteroatoms. The minimum atomic E-state index is -0.329. The Hall–Kier alpha value is -1.59. The van der Waals surface area contributed by atoms with Crippen molar-refractivity contribution in [3.8, 4) is 0 Å². The highest BCUT2D eigenvalue weighted by Crippen LogP contribution is 2.16. The molecule has 1 saturated heterocycles. The fraction of sp³-hybridized carbons (Fsp3) is 0.500. The molecule has 1 aromatic carbocycles. The first-order valence-corrected chi connectivity index (χ1v) is 6.61. The average molecular weight is 263 g/mol. The second kappa shape index (κ2) is 6.54. The predicted octanol–water partition coefficient (Wildman–Crippen LogP) is 0.487. The van der Waals surface area contributed by atoms with Crippen molar-refractivity contribution in [3.05, 3.63) is 29.8 Å². The van der Waals surface area contributed by atoms with E-state index in [1.165, 1.54) is 5.69 Å². The molecular formula is C14H21N3O2. The molecule has 3 N–H and O–H groups in total. The SMILES string of the molecule is C[C@H](NCc1ccc(N2CCOCC2)cc1)C(N)=O. The number of amides is 1. The lowest BCUT2D eigenvalue weighted by atomic mass is 10.1. The van der Waals surface area contributed by atoms with E-state index in [9.17, 15) is 4.79 Å². The minimum Gasteiger partial charge on any atom is -0.378 e. The maximum absolute atomic E-state index is 10.9. The molecule has 1 fully saturated rings. The average Bonchev–Trinajstić information content (AvgIpc) is 2.46. The van der Waals surface area contributed by atoms with Crippen LogP contribution in [0.15, 0.2) is 24.3 Å². The third-order valence-electron chi connectivity index (χ3n) is 3.35. The van der Waals surface area contributed by atoms with E-state index in [4.69, 9.17) is 10.5 Å². The van der Waals surface area contributed by atoms with Crippen molar-refractivity contribution in [1.29, 1.82) is 0 Å². The van der Waals surface area contributed by atoms with Gasteiger partial charge in [-0.25, -0.2) is 0 Å². The van der Waals surface area contributed by atoms with Gasteiger partial charge in [-0.1, -0.05) is 12.1 Å². The Morgan fingerprint density at radius 1 is 1.37 bits per heavy atom. The van der Waals surface area contributed by atoms with Gasteiger partial charge in [0, 0.05) is 25.3 Å². The molecule has 1 heterocycles. The molecule has 1 aromatic rings. The van der Waals surface area contributed by atoms with E-state index in [2.05, 4.69) is 34.5 Å². The maximum atomic E-state index is 10.9. The van der Waals surface area contributed by atoms with E-state index in [1.807, 2.05) is 0 Å². The summed E-state index contributed by atoms with van der Waals surface area (Å²) in [7, 11) is 0. The smallest absolute Gasteiger partial charge is 0.234 e. The molecular weight excluding hydrogens is 242 g/mol. The minimum absolute atomic E-state index is 0.307. The van der Waals surface area contributed by atoms with Crippen LogP contribution < -0.4 is 16.0 Å². The molecule has 5 nitrogen and oxygen atoms in total. The van der Waals surface area contributed by atoms with Crippen LogP contribution in [0.5, 0.6) is 0 Å². The molecule has 0 aliphatic carbocycles. The number of benzene rings is 1. The third kappa shape index (κ3) is 3.94. The first-order chi connectivity index (χ1) is 9.16. The summed E-state index contributed by atoms with van der Waals surface area (Å²) in [5.74, 6) is -0.329. The van der Waals surface area contributed by atoms with E-state index in [0.29, 0.717) is 6.54 Å². The number of nitrogens with one attached hydrogen (secondary N) is 1. The number of nitrogens with two attached hydrogens (primary N) is 1. The van der Waals surface area contributed by atoms with Gasteiger partial charge in [-0.3, -0.25) is 4.79 Å². The molecule has 0 bridgehead atoms. The molecule has 1 aliphatic rings. The Balaban J connectivity index is 1.89. The quantitative estimate of drug-likeness (QED) is 0.811. The summed E-state index contributed by atoms with van der Waals surface area (Å²) >= 11 is 0. The van der Waals surface area contributed by atoms with Gasteiger partial charge in [0.15, 0.2) is 0 Å². The van der Waals surface area contributed by atoms with Crippen molar-refractivity contribution < 1.29 is 9.53 Å². The Bertz CT molecular complexity index is 413. The monoisotopic (exact) mass is 263 g/mol. The lowest BCUT2D eigenvalue weighted by molar-refractivity contribution is -0.119. The van der Waals surface area contributed by atoms with Gasteiger partial charge in [-0.05, 0) is 24.6 Å². The molecule has 0 radical (unpaired) electrons. The standard InChI is InChI=1S/C14H21N3O2/c1-11(14(15)18)16-10-12-2-4-13(5-3-12)17-6-8-19-9-7-17/h2-5,11,16H,6-10H2,1H3,(H2,15,18)/t11-/m0/s1. The van der Waals surface area contributed by atoms with Crippen LogP contribution in [0.4, 0.5) is 5.69 Å². The van der Waals surface area contributed by atoms with Crippen LogP contribution >= 0.6 is 0 Å². The van der Waals surface area contributed by atoms with Crippen molar-refractivity contribution in [3.63, 3.8) is 0 Å².